The van der Waals surface area contributed by atoms with Crippen molar-refractivity contribution in [3.63, 3.8) is 0 Å². The number of nitrogens with one attached hydrogen (secondary N) is 1. The molecule has 11 heteroatoms. The van der Waals surface area contributed by atoms with Crippen molar-refractivity contribution in [2.75, 3.05) is 43.1 Å². The molecule has 49 heavy (non-hydrogen) atoms. The van der Waals surface area contributed by atoms with Crippen LogP contribution in [0.3, 0.4) is 0 Å². The topological polar surface area (TPSA) is 107 Å². The lowest BCUT2D eigenvalue weighted by molar-refractivity contribution is -0.136. The van der Waals surface area contributed by atoms with Crippen LogP contribution in [-0.2, 0) is 32.1 Å². The van der Waals surface area contributed by atoms with Gasteiger partial charge in [0.25, 0.3) is 0 Å². The number of benzene rings is 3. The number of hydrogen-bond acceptors (Lipinski definition) is 8. The summed E-state index contributed by atoms with van der Waals surface area (Å²) in [5.74, 6) is -0.319. The first-order valence-electron chi connectivity index (χ1n) is 16.7. The first-order chi connectivity index (χ1) is 24.0. The largest absolute Gasteiger partial charge is 0.378 e. The van der Waals surface area contributed by atoms with Crippen molar-refractivity contribution < 1.29 is 19.1 Å². The number of rotatable bonds is 9. The number of thioether (sulfide) groups is 1. The normalized spacial score (nSPS) is 20.2. The number of aromatic nitrogens is 1. The first kappa shape index (κ1) is 32.5. The smallest absolute Gasteiger partial charge is 0.247 e. The van der Waals surface area contributed by atoms with Gasteiger partial charge >= 0.3 is 0 Å². The Morgan fingerprint density at radius 3 is 2.39 bits per heavy atom. The Hall–Kier alpha value is -5.00. The van der Waals surface area contributed by atoms with Crippen LogP contribution in [0.15, 0.2) is 108 Å². The van der Waals surface area contributed by atoms with Gasteiger partial charge in [0.15, 0.2) is 5.17 Å². The van der Waals surface area contributed by atoms with E-state index in [1.165, 1.54) is 11.8 Å². The van der Waals surface area contributed by atoms with Crippen LogP contribution in [0.2, 0.25) is 0 Å². The molecule has 3 amide bonds. The lowest BCUT2D eigenvalue weighted by Crippen LogP contribution is -2.43. The number of carbonyl (C=O) groups is 3. The fourth-order valence-corrected chi connectivity index (χ4v) is 7.57. The Balaban J connectivity index is 1.04. The Labute approximate surface area is 290 Å². The average molecular weight is 675 g/mol. The summed E-state index contributed by atoms with van der Waals surface area (Å²) in [5, 5.41) is 3.11. The molecule has 0 saturated carbocycles. The van der Waals surface area contributed by atoms with Gasteiger partial charge < -0.3 is 19.9 Å². The van der Waals surface area contributed by atoms with E-state index in [-0.39, 0.29) is 24.1 Å². The molecule has 7 rings (SSSR count). The summed E-state index contributed by atoms with van der Waals surface area (Å²) < 4.78 is 5.48. The summed E-state index contributed by atoms with van der Waals surface area (Å²) in [6.45, 7) is 4.02. The number of morpholine rings is 1. The molecule has 4 heterocycles. The van der Waals surface area contributed by atoms with Crippen LogP contribution in [-0.4, -0.2) is 76.6 Å². The Morgan fingerprint density at radius 2 is 1.65 bits per heavy atom. The molecule has 3 aromatic carbocycles. The van der Waals surface area contributed by atoms with Gasteiger partial charge in [0.05, 0.1) is 37.6 Å². The zero-order chi connectivity index (χ0) is 33.6. The third-order valence-corrected chi connectivity index (χ3v) is 10.2. The predicted octanol–water partition coefficient (Wildman–Crippen LogP) is 5.59. The van der Waals surface area contributed by atoms with E-state index in [0.29, 0.717) is 30.4 Å². The zero-order valence-electron chi connectivity index (χ0n) is 27.1. The molecule has 10 nitrogen and oxygen atoms in total. The van der Waals surface area contributed by atoms with Crippen molar-refractivity contribution in [1.29, 1.82) is 0 Å². The van der Waals surface area contributed by atoms with Crippen LogP contribution in [0, 0.1) is 0 Å². The van der Waals surface area contributed by atoms with Crippen molar-refractivity contribution in [1.82, 2.24) is 14.8 Å². The number of ether oxygens (including phenoxy) is 1. The highest BCUT2D eigenvalue weighted by Crippen LogP contribution is 2.41. The van der Waals surface area contributed by atoms with Crippen LogP contribution in [0.4, 0.5) is 17.1 Å². The van der Waals surface area contributed by atoms with Gasteiger partial charge in [-0.3, -0.25) is 24.3 Å². The molecule has 2 atom stereocenters. The van der Waals surface area contributed by atoms with Crippen molar-refractivity contribution in [2.24, 2.45) is 4.99 Å². The number of hydrogen-bond donors (Lipinski definition) is 1. The van der Waals surface area contributed by atoms with Gasteiger partial charge in [0, 0.05) is 37.2 Å². The standard InChI is InChI=1S/C38H38N6O4S/c45-34(25-27-7-2-1-3-8-27)43-20-6-10-33(43)36(46)40-29-13-11-28(12-14-29)35-37(47)44(26-31-9-4-5-19-39-31)38(49-35)41-30-15-17-32(18-16-30)42-21-23-48-24-22-42/h1-5,7-9,11-19,33,35H,6,10,20-26H2,(H,40,46)/t33-,35?/m0/s1. The highest BCUT2D eigenvalue weighted by molar-refractivity contribution is 8.15. The first-order valence-corrected chi connectivity index (χ1v) is 17.5. The van der Waals surface area contributed by atoms with Crippen LogP contribution in [0.25, 0.3) is 0 Å². The second-order valence-corrected chi connectivity index (χ2v) is 13.3. The molecular formula is C38H38N6O4S. The van der Waals surface area contributed by atoms with E-state index in [1.807, 2.05) is 84.9 Å². The van der Waals surface area contributed by atoms with Crippen LogP contribution in [0.5, 0.6) is 0 Å². The predicted molar refractivity (Wildman–Crippen MR) is 192 cm³/mol. The number of amidine groups is 1. The highest BCUT2D eigenvalue weighted by atomic mass is 32.2. The second kappa shape index (κ2) is 15.0. The third-order valence-electron chi connectivity index (χ3n) is 9.00. The molecule has 4 aromatic rings. The van der Waals surface area contributed by atoms with Gasteiger partial charge in [-0.15, -0.1) is 0 Å². The van der Waals surface area contributed by atoms with E-state index in [9.17, 15) is 14.4 Å². The minimum Gasteiger partial charge on any atom is -0.378 e. The average Bonchev–Trinajstić information content (AvgIpc) is 3.76. The quantitative estimate of drug-likeness (QED) is 0.247. The molecule has 250 valence electrons. The molecule has 0 spiro atoms. The van der Waals surface area contributed by atoms with Crippen LogP contribution in [0.1, 0.15) is 34.9 Å². The minimum atomic E-state index is -0.510. The molecule has 3 aliphatic rings. The second-order valence-electron chi connectivity index (χ2n) is 12.3. The number of nitrogens with zero attached hydrogens (tertiary/aromatic N) is 5. The number of anilines is 2. The van der Waals surface area contributed by atoms with Gasteiger partial charge in [0.2, 0.25) is 17.7 Å². The van der Waals surface area contributed by atoms with E-state index >= 15 is 0 Å². The van der Waals surface area contributed by atoms with Gasteiger partial charge in [-0.2, -0.15) is 0 Å². The lowest BCUT2D eigenvalue weighted by Gasteiger charge is -2.28. The fourth-order valence-electron chi connectivity index (χ4n) is 6.40. The highest BCUT2D eigenvalue weighted by Gasteiger charge is 2.39. The van der Waals surface area contributed by atoms with Gasteiger partial charge in [-0.1, -0.05) is 60.3 Å². The van der Waals surface area contributed by atoms with E-state index in [4.69, 9.17) is 9.73 Å². The molecular weight excluding hydrogens is 637 g/mol. The van der Waals surface area contributed by atoms with E-state index in [2.05, 4.69) is 27.3 Å². The molecule has 3 fully saturated rings. The minimum absolute atomic E-state index is 0.0447. The molecule has 3 aliphatic heterocycles. The summed E-state index contributed by atoms with van der Waals surface area (Å²) in [5.41, 5.74) is 5.02. The van der Waals surface area contributed by atoms with Gasteiger partial charge in [0.1, 0.15) is 11.3 Å². The summed E-state index contributed by atoms with van der Waals surface area (Å²) in [4.78, 5) is 55.3. The van der Waals surface area contributed by atoms with Crippen molar-refractivity contribution in [3.8, 4) is 0 Å². The van der Waals surface area contributed by atoms with Crippen molar-refractivity contribution in [2.45, 2.75) is 37.1 Å². The number of likely N-dealkylation sites (tertiary alicyclic amines) is 1. The van der Waals surface area contributed by atoms with Crippen molar-refractivity contribution >= 4 is 51.7 Å². The molecule has 0 aliphatic carbocycles. The molecule has 1 aromatic heterocycles. The van der Waals surface area contributed by atoms with Crippen LogP contribution < -0.4 is 10.2 Å². The Kier molecular flexibility index (Phi) is 9.99. The Bertz CT molecular complexity index is 1800. The van der Waals surface area contributed by atoms with Crippen molar-refractivity contribution in [3.05, 3.63) is 120 Å². The van der Waals surface area contributed by atoms with E-state index in [0.717, 1.165) is 60.9 Å². The zero-order valence-corrected chi connectivity index (χ0v) is 27.9. The third kappa shape index (κ3) is 7.68. The molecule has 0 bridgehead atoms. The maximum Gasteiger partial charge on any atom is 0.247 e. The van der Waals surface area contributed by atoms with Gasteiger partial charge in [-0.25, -0.2) is 4.99 Å². The number of carbonyl (C=O) groups excluding carboxylic acids is 3. The number of aliphatic imine (C=N–C) groups is 1. The molecule has 3 saturated heterocycles. The SMILES string of the molecule is O=C(Nc1ccc(C2SC(=Nc3ccc(N4CCOCC4)cc3)N(Cc3ccccn3)C2=O)cc1)[C@@H]1CCCN1C(=O)Cc1ccccc1. The molecule has 1 N–H and O–H groups in total. The van der Waals surface area contributed by atoms with Gasteiger partial charge in [-0.05, 0) is 72.5 Å². The monoisotopic (exact) mass is 674 g/mol. The lowest BCUT2D eigenvalue weighted by atomic mass is 10.1. The number of amides is 3. The summed E-state index contributed by atoms with van der Waals surface area (Å²) in [6, 6.07) is 30.2. The molecule has 1 unspecified atom stereocenters. The summed E-state index contributed by atoms with van der Waals surface area (Å²) in [7, 11) is 0. The van der Waals surface area contributed by atoms with E-state index < -0.39 is 11.3 Å². The summed E-state index contributed by atoms with van der Waals surface area (Å²) in [6.07, 6.45) is 3.41. The Morgan fingerprint density at radius 1 is 0.898 bits per heavy atom. The van der Waals surface area contributed by atoms with E-state index in [1.54, 1.807) is 16.0 Å². The molecule has 0 radical (unpaired) electrons. The van der Waals surface area contributed by atoms with Crippen LogP contribution >= 0.6 is 11.8 Å². The fraction of sp³-hybridized carbons (Fsp3) is 0.289. The number of pyridine rings is 1. The summed E-state index contributed by atoms with van der Waals surface area (Å²) >= 11 is 1.41. The maximum atomic E-state index is 13.9. The maximum absolute atomic E-state index is 13.9.